The van der Waals surface area contributed by atoms with Crippen LogP contribution in [0, 0.1) is 0 Å². The summed E-state index contributed by atoms with van der Waals surface area (Å²) in [6.07, 6.45) is 3.96. The zero-order valence-electron chi connectivity index (χ0n) is 8.87. The largest absolute Gasteiger partial charge is 0.497 e. The number of alkyl halides is 1. The fraction of sp³-hybridized carbons (Fsp3) is 0.333. The molecular weight excluding hydrogens is 210 g/mol. The molecule has 82 valence electrons. The molecule has 0 atom stereocenters. The van der Waals surface area contributed by atoms with Gasteiger partial charge in [0.25, 0.3) is 0 Å². The highest BCUT2D eigenvalue weighted by Gasteiger charge is 1.92. The summed E-state index contributed by atoms with van der Waals surface area (Å²) in [5.41, 5.74) is 1.25. The van der Waals surface area contributed by atoms with Crippen molar-refractivity contribution >= 4 is 11.6 Å². The number of hydrogen-bond donors (Lipinski definition) is 1. The number of ether oxygens (including phenoxy) is 1. The van der Waals surface area contributed by atoms with Crippen LogP contribution in [0.1, 0.15) is 5.56 Å². The van der Waals surface area contributed by atoms with Crippen molar-refractivity contribution in [3.63, 3.8) is 0 Å². The first-order chi connectivity index (χ1) is 7.36. The van der Waals surface area contributed by atoms with Gasteiger partial charge in [-0.15, -0.1) is 11.6 Å². The van der Waals surface area contributed by atoms with Gasteiger partial charge in [-0.2, -0.15) is 0 Å². The van der Waals surface area contributed by atoms with Crippen molar-refractivity contribution < 1.29 is 4.74 Å². The Morgan fingerprint density at radius 2 is 2.00 bits per heavy atom. The molecule has 0 aliphatic carbocycles. The lowest BCUT2D eigenvalue weighted by Crippen LogP contribution is -2.12. The summed E-state index contributed by atoms with van der Waals surface area (Å²) in [6, 6.07) is 8.03. The van der Waals surface area contributed by atoms with Crippen molar-refractivity contribution in [2.45, 2.75) is 6.54 Å². The van der Waals surface area contributed by atoms with E-state index in [2.05, 4.69) is 17.4 Å². The maximum absolute atomic E-state index is 5.50. The molecule has 0 unspecified atom stereocenters. The molecule has 0 saturated heterocycles. The molecule has 0 spiro atoms. The molecule has 0 heterocycles. The summed E-state index contributed by atoms with van der Waals surface area (Å²) in [5.74, 6) is 1.46. The molecule has 3 heteroatoms. The average molecular weight is 226 g/mol. The average Bonchev–Trinajstić information content (AvgIpc) is 2.30. The van der Waals surface area contributed by atoms with Crippen LogP contribution in [0.5, 0.6) is 5.75 Å². The van der Waals surface area contributed by atoms with E-state index in [4.69, 9.17) is 16.3 Å². The second-order valence-corrected chi connectivity index (χ2v) is 3.41. The Kier molecular flexibility index (Phi) is 5.90. The van der Waals surface area contributed by atoms with E-state index in [1.807, 2.05) is 24.3 Å². The normalized spacial score (nSPS) is 10.8. The topological polar surface area (TPSA) is 21.3 Å². The fourth-order valence-corrected chi connectivity index (χ4v) is 1.32. The zero-order chi connectivity index (χ0) is 10.9. The Morgan fingerprint density at radius 3 is 2.60 bits per heavy atom. The highest BCUT2D eigenvalue weighted by Crippen LogP contribution is 2.10. The molecular formula is C12H16ClNO. The quantitative estimate of drug-likeness (QED) is 0.457. The minimum absolute atomic E-state index is 0.574. The zero-order valence-corrected chi connectivity index (χ0v) is 9.63. The van der Waals surface area contributed by atoms with Crippen molar-refractivity contribution in [3.8, 4) is 5.75 Å². The molecule has 0 radical (unpaired) electrons. The van der Waals surface area contributed by atoms with Gasteiger partial charge in [-0.3, -0.25) is 0 Å². The lowest BCUT2D eigenvalue weighted by molar-refractivity contribution is 0.414. The van der Waals surface area contributed by atoms with E-state index in [0.717, 1.165) is 18.8 Å². The number of allylic oxidation sites excluding steroid dienone is 1. The van der Waals surface area contributed by atoms with Crippen molar-refractivity contribution in [2.75, 3.05) is 19.5 Å². The third-order valence-corrected chi connectivity index (χ3v) is 2.18. The van der Waals surface area contributed by atoms with Crippen LogP contribution in [0.15, 0.2) is 36.4 Å². The smallest absolute Gasteiger partial charge is 0.118 e. The molecule has 0 saturated carbocycles. The highest BCUT2D eigenvalue weighted by atomic mass is 35.5. The molecule has 0 fully saturated rings. The van der Waals surface area contributed by atoms with Crippen LogP contribution < -0.4 is 10.1 Å². The van der Waals surface area contributed by atoms with Crippen LogP contribution in [-0.2, 0) is 6.54 Å². The summed E-state index contributed by atoms with van der Waals surface area (Å²) >= 11 is 5.50. The maximum Gasteiger partial charge on any atom is 0.118 e. The standard InChI is InChI=1S/C12H16ClNO/c1-15-12-6-4-11(5-7-12)10-14-9-3-2-8-13/h2-7,14H,8-10H2,1H3/b3-2+. The van der Waals surface area contributed by atoms with Crippen LogP contribution in [0.25, 0.3) is 0 Å². The summed E-state index contributed by atoms with van der Waals surface area (Å²) in [6.45, 7) is 1.70. The molecule has 1 rings (SSSR count). The van der Waals surface area contributed by atoms with Gasteiger partial charge in [0.05, 0.1) is 7.11 Å². The number of nitrogens with one attached hydrogen (secondary N) is 1. The van der Waals surface area contributed by atoms with Crippen molar-refractivity contribution in [1.29, 1.82) is 0 Å². The molecule has 1 aromatic carbocycles. The lowest BCUT2D eigenvalue weighted by Gasteiger charge is -2.03. The Morgan fingerprint density at radius 1 is 1.27 bits per heavy atom. The molecule has 0 aliphatic heterocycles. The molecule has 0 amide bonds. The lowest BCUT2D eigenvalue weighted by atomic mass is 10.2. The Bertz CT molecular complexity index is 295. The van der Waals surface area contributed by atoms with Crippen LogP contribution in [0.2, 0.25) is 0 Å². The van der Waals surface area contributed by atoms with Crippen LogP contribution in [0.4, 0.5) is 0 Å². The first-order valence-electron chi connectivity index (χ1n) is 4.91. The third kappa shape index (κ3) is 4.86. The summed E-state index contributed by atoms with van der Waals surface area (Å²) in [5, 5.41) is 3.29. The molecule has 1 aromatic rings. The number of methoxy groups -OCH3 is 1. The monoisotopic (exact) mass is 225 g/mol. The Labute approximate surface area is 95.9 Å². The van der Waals surface area contributed by atoms with E-state index in [1.165, 1.54) is 5.56 Å². The summed E-state index contributed by atoms with van der Waals surface area (Å²) < 4.78 is 5.08. The SMILES string of the molecule is COc1ccc(CNC/C=C/CCl)cc1. The van der Waals surface area contributed by atoms with Gasteiger partial charge in [-0.05, 0) is 17.7 Å². The predicted molar refractivity (Wildman–Crippen MR) is 64.6 cm³/mol. The molecule has 15 heavy (non-hydrogen) atoms. The summed E-state index contributed by atoms with van der Waals surface area (Å²) in [7, 11) is 1.67. The van der Waals surface area contributed by atoms with Crippen molar-refractivity contribution in [3.05, 3.63) is 42.0 Å². The van der Waals surface area contributed by atoms with Crippen LogP contribution >= 0.6 is 11.6 Å². The van der Waals surface area contributed by atoms with Crippen molar-refractivity contribution in [2.24, 2.45) is 0 Å². The first-order valence-corrected chi connectivity index (χ1v) is 5.45. The molecule has 0 bridgehead atoms. The van der Waals surface area contributed by atoms with Gasteiger partial charge >= 0.3 is 0 Å². The van der Waals surface area contributed by atoms with E-state index in [-0.39, 0.29) is 0 Å². The van der Waals surface area contributed by atoms with Crippen LogP contribution in [-0.4, -0.2) is 19.5 Å². The second kappa shape index (κ2) is 7.32. The predicted octanol–water partition coefficient (Wildman–Crippen LogP) is 2.58. The molecule has 0 aromatic heterocycles. The maximum atomic E-state index is 5.50. The number of halogens is 1. The van der Waals surface area contributed by atoms with Gasteiger partial charge < -0.3 is 10.1 Å². The fourth-order valence-electron chi connectivity index (χ4n) is 1.19. The Hall–Kier alpha value is -0.990. The van der Waals surface area contributed by atoms with Crippen molar-refractivity contribution in [1.82, 2.24) is 5.32 Å². The first kappa shape index (κ1) is 12.1. The molecule has 0 aliphatic rings. The summed E-state index contributed by atoms with van der Waals surface area (Å²) in [4.78, 5) is 0. The number of hydrogen-bond acceptors (Lipinski definition) is 2. The van der Waals surface area contributed by atoms with E-state index in [0.29, 0.717) is 5.88 Å². The van der Waals surface area contributed by atoms with Gasteiger partial charge in [0.1, 0.15) is 5.75 Å². The second-order valence-electron chi connectivity index (χ2n) is 3.10. The van der Waals surface area contributed by atoms with Crippen LogP contribution in [0.3, 0.4) is 0 Å². The number of benzene rings is 1. The van der Waals surface area contributed by atoms with E-state index in [1.54, 1.807) is 7.11 Å². The third-order valence-electron chi connectivity index (χ3n) is 2.01. The van der Waals surface area contributed by atoms with E-state index >= 15 is 0 Å². The van der Waals surface area contributed by atoms with Gasteiger partial charge in [-0.25, -0.2) is 0 Å². The van der Waals surface area contributed by atoms with Gasteiger partial charge in [0.2, 0.25) is 0 Å². The highest BCUT2D eigenvalue weighted by molar-refractivity contribution is 6.18. The minimum atomic E-state index is 0.574. The van der Waals surface area contributed by atoms with Gasteiger partial charge in [-0.1, -0.05) is 24.3 Å². The molecule has 2 nitrogen and oxygen atoms in total. The Balaban J connectivity index is 2.28. The van der Waals surface area contributed by atoms with E-state index < -0.39 is 0 Å². The minimum Gasteiger partial charge on any atom is -0.497 e. The molecule has 1 N–H and O–H groups in total. The number of rotatable bonds is 6. The van der Waals surface area contributed by atoms with Gasteiger partial charge in [0, 0.05) is 19.0 Å². The van der Waals surface area contributed by atoms with E-state index in [9.17, 15) is 0 Å². The van der Waals surface area contributed by atoms with Gasteiger partial charge in [0.15, 0.2) is 0 Å².